The number of aliphatic carboxylic acids is 3. The van der Waals surface area contributed by atoms with Gasteiger partial charge in [-0.1, -0.05) is 12.5 Å². The van der Waals surface area contributed by atoms with E-state index in [1.807, 2.05) is 5.32 Å². The number of nitrogens with one attached hydrogen (secondary N) is 7. The topological polar surface area (TPSA) is 527 Å². The molecule has 0 spiro atoms. The summed E-state index contributed by atoms with van der Waals surface area (Å²) in [5.41, 5.74) is 16.4. The van der Waals surface area contributed by atoms with E-state index in [0.29, 0.717) is 12.8 Å². The molecule has 0 aliphatic carbocycles. The standard InChI is InChI=1S/C36H55N11O19/c37-16(6-1-2-9-40-29(57)15-5-3-8-19(49)26(15)54)20(50)11-21(51)45-18(14-48)30(58)42-12-22(52)44-17(7-4-10-41-36(38)39)31(59)47-24(27(55)34(63)64)32(60)43-13-23(53)46-25(33(61)62)28(56)35(65)66/h3,5,8,16-18,20,24-25,27-28,48-50,54-56H,1-2,4,6-7,9-14,37H2,(H,40,57)(H,42,58)(H,43,60)(H,44,52)(H,45,51)(H,46,53)(H,47,59)(H,61,62)(H,63,64)(H,65,66)(H4,38,39,41)/t16-,17-,18+,20+,24-,25-,27-,28-/m0/s1. The van der Waals surface area contributed by atoms with Crippen LogP contribution in [0.1, 0.15) is 48.9 Å². The summed E-state index contributed by atoms with van der Waals surface area (Å²) in [5, 5.41) is 101. The molecule has 0 saturated heterocycles. The van der Waals surface area contributed by atoms with Gasteiger partial charge in [0.05, 0.1) is 37.8 Å². The average Bonchev–Trinajstić information content (AvgIpc) is 3.25. The van der Waals surface area contributed by atoms with Gasteiger partial charge in [-0.15, -0.1) is 0 Å². The number of hydrogen-bond donors (Lipinski definition) is 19. The molecular formula is C36H55N11O19. The Kier molecular flexibility index (Phi) is 24.4. The van der Waals surface area contributed by atoms with E-state index in [-0.39, 0.29) is 43.9 Å². The number of carboxylic acid groups (broad SMARTS) is 3. The summed E-state index contributed by atoms with van der Waals surface area (Å²) >= 11 is 0. The number of rotatable bonds is 30. The van der Waals surface area contributed by atoms with Crippen molar-refractivity contribution in [1.82, 2.24) is 37.2 Å². The maximum absolute atomic E-state index is 13.3. The Bertz CT molecular complexity index is 1930. The van der Waals surface area contributed by atoms with Crippen LogP contribution >= 0.6 is 0 Å². The molecule has 0 saturated carbocycles. The number of hydrogen-bond acceptors (Lipinski definition) is 18. The lowest BCUT2D eigenvalue weighted by molar-refractivity contribution is -0.157. The van der Waals surface area contributed by atoms with E-state index < -0.39 is 145 Å². The molecule has 0 fully saturated rings. The summed E-state index contributed by atoms with van der Waals surface area (Å²) in [6.45, 7) is -3.10. The van der Waals surface area contributed by atoms with Gasteiger partial charge in [-0.3, -0.25) is 38.6 Å². The number of aromatic hydroxyl groups is 2. The van der Waals surface area contributed by atoms with E-state index in [4.69, 9.17) is 27.4 Å². The fraction of sp³-hybridized carbons (Fsp3) is 0.528. The lowest BCUT2D eigenvalue weighted by Crippen LogP contribution is -2.61. The molecule has 368 valence electrons. The largest absolute Gasteiger partial charge is 0.504 e. The van der Waals surface area contributed by atoms with Gasteiger partial charge < -0.3 is 100 Å². The molecule has 22 N–H and O–H groups in total. The third-order valence-corrected chi connectivity index (χ3v) is 8.98. The van der Waals surface area contributed by atoms with E-state index >= 15 is 0 Å². The first kappa shape index (κ1) is 56.6. The highest BCUT2D eigenvalue weighted by molar-refractivity contribution is 5.98. The summed E-state index contributed by atoms with van der Waals surface area (Å²) in [7, 11) is 0. The Morgan fingerprint density at radius 1 is 0.636 bits per heavy atom. The molecule has 0 unspecified atom stereocenters. The van der Waals surface area contributed by atoms with Crippen molar-refractivity contribution in [2.75, 3.05) is 32.8 Å². The highest BCUT2D eigenvalue weighted by atomic mass is 16.4. The Morgan fingerprint density at radius 3 is 1.79 bits per heavy atom. The lowest BCUT2D eigenvalue weighted by atomic mass is 10.0. The predicted octanol–water partition coefficient (Wildman–Crippen LogP) is -8.73. The van der Waals surface area contributed by atoms with Crippen LogP contribution in [0.15, 0.2) is 23.2 Å². The molecule has 1 aromatic rings. The number of unbranched alkanes of at least 4 members (excludes halogenated alkanes) is 1. The quantitative estimate of drug-likeness (QED) is 0.0147. The monoisotopic (exact) mass is 945 g/mol. The second-order valence-electron chi connectivity index (χ2n) is 14.1. The first-order valence-corrected chi connectivity index (χ1v) is 19.6. The fourth-order valence-corrected chi connectivity index (χ4v) is 5.41. The van der Waals surface area contributed by atoms with Crippen LogP contribution in [0.4, 0.5) is 0 Å². The van der Waals surface area contributed by atoms with E-state index in [1.54, 1.807) is 10.6 Å². The van der Waals surface area contributed by atoms with Crippen LogP contribution in [-0.4, -0.2) is 192 Å². The number of carboxylic acids is 3. The smallest absolute Gasteiger partial charge is 0.335 e. The van der Waals surface area contributed by atoms with Crippen LogP contribution in [0.25, 0.3) is 0 Å². The van der Waals surface area contributed by atoms with Gasteiger partial charge in [-0.2, -0.15) is 0 Å². The summed E-state index contributed by atoms with van der Waals surface area (Å²) in [4.78, 5) is 127. The number of nitrogens with zero attached hydrogens (tertiary/aromatic N) is 1. The average molecular weight is 946 g/mol. The number of carbonyl (C=O) groups excluding carboxylic acids is 7. The van der Waals surface area contributed by atoms with Gasteiger partial charge in [0.1, 0.15) is 18.1 Å². The van der Waals surface area contributed by atoms with Crippen molar-refractivity contribution < 1.29 is 93.9 Å². The zero-order valence-electron chi connectivity index (χ0n) is 34.9. The molecule has 0 radical (unpaired) electrons. The zero-order valence-corrected chi connectivity index (χ0v) is 34.9. The molecule has 0 aromatic heterocycles. The minimum Gasteiger partial charge on any atom is -0.504 e. The minimum atomic E-state index is -2.71. The molecule has 0 aliphatic rings. The number of phenolic OH excluding ortho intramolecular Hbond substituents is 2. The number of aliphatic hydroxyl groups is 4. The third-order valence-electron chi connectivity index (χ3n) is 8.98. The molecule has 30 nitrogen and oxygen atoms in total. The van der Waals surface area contributed by atoms with Crippen LogP contribution < -0.4 is 54.4 Å². The van der Waals surface area contributed by atoms with Crippen molar-refractivity contribution in [1.29, 1.82) is 0 Å². The predicted molar refractivity (Wildman–Crippen MR) is 220 cm³/mol. The van der Waals surface area contributed by atoms with Crippen molar-refractivity contribution >= 4 is 65.2 Å². The number of benzene rings is 1. The number of guanidine groups is 1. The van der Waals surface area contributed by atoms with E-state index in [2.05, 4.69) is 26.3 Å². The second-order valence-corrected chi connectivity index (χ2v) is 14.1. The van der Waals surface area contributed by atoms with Gasteiger partial charge in [0.15, 0.2) is 35.7 Å². The molecule has 1 aromatic carbocycles. The second kappa shape index (κ2) is 28.4. The van der Waals surface area contributed by atoms with Gasteiger partial charge in [-0.05, 0) is 37.8 Å². The summed E-state index contributed by atoms with van der Waals surface area (Å²) in [6.07, 6.45) is -6.85. The van der Waals surface area contributed by atoms with Gasteiger partial charge >= 0.3 is 17.9 Å². The first-order valence-electron chi connectivity index (χ1n) is 19.6. The van der Waals surface area contributed by atoms with Crippen molar-refractivity contribution in [3.05, 3.63) is 23.8 Å². The van der Waals surface area contributed by atoms with E-state index in [1.165, 1.54) is 18.2 Å². The van der Waals surface area contributed by atoms with Crippen molar-refractivity contribution in [3.63, 3.8) is 0 Å². The number of nitrogens with two attached hydrogens (primary N) is 3. The van der Waals surface area contributed by atoms with Crippen LogP contribution in [-0.2, 0) is 43.2 Å². The Labute approximate surface area is 373 Å². The first-order chi connectivity index (χ1) is 30.9. The van der Waals surface area contributed by atoms with Gasteiger partial charge in [0, 0.05) is 19.1 Å². The van der Waals surface area contributed by atoms with Crippen LogP contribution in [0.3, 0.4) is 0 Å². The lowest BCUT2D eigenvalue weighted by Gasteiger charge is -2.25. The van der Waals surface area contributed by atoms with Gasteiger partial charge in [0.2, 0.25) is 35.4 Å². The minimum absolute atomic E-state index is 0.0614. The number of carbonyl (C=O) groups is 10. The van der Waals surface area contributed by atoms with E-state index in [9.17, 15) is 83.7 Å². The molecule has 1 rings (SSSR count). The Balaban J connectivity index is 2.85. The number of phenols is 2. The molecule has 30 heteroatoms. The van der Waals surface area contributed by atoms with E-state index in [0.717, 1.165) is 0 Å². The summed E-state index contributed by atoms with van der Waals surface area (Å²) in [5.74, 6) is -15.6. The molecule has 0 aliphatic heterocycles. The van der Waals surface area contributed by atoms with Crippen molar-refractivity contribution in [2.24, 2.45) is 22.2 Å². The molecule has 0 bridgehead atoms. The van der Waals surface area contributed by atoms with Gasteiger partial charge in [0.25, 0.3) is 5.91 Å². The van der Waals surface area contributed by atoms with Crippen molar-refractivity contribution in [3.8, 4) is 11.5 Å². The fourth-order valence-electron chi connectivity index (χ4n) is 5.41. The van der Waals surface area contributed by atoms with Crippen LogP contribution in [0.2, 0.25) is 0 Å². The van der Waals surface area contributed by atoms with Gasteiger partial charge in [-0.25, -0.2) is 14.4 Å². The third kappa shape index (κ3) is 20.0. The number of para-hydroxylation sites is 1. The van der Waals surface area contributed by atoms with Crippen LogP contribution in [0.5, 0.6) is 11.5 Å². The number of aliphatic imine (C=N–C) groups is 1. The van der Waals surface area contributed by atoms with Crippen LogP contribution in [0, 0.1) is 0 Å². The molecular weight excluding hydrogens is 890 g/mol. The maximum atomic E-state index is 13.3. The highest BCUT2D eigenvalue weighted by Crippen LogP contribution is 2.27. The number of aliphatic hydroxyl groups excluding tert-OH is 4. The molecule has 66 heavy (non-hydrogen) atoms. The Morgan fingerprint density at radius 2 is 1.21 bits per heavy atom. The SMILES string of the molecule is NC(N)=NCCC[C@H](NC(=O)CNC(=O)[C@@H](CO)NC(=O)C[C@@H](O)[C@@H](N)CCCCNC(=O)c1cccc(O)c1O)C(=O)N[C@H](C(=O)NCC(=O)N[C@H](C(=O)O)[C@H](O)C(=O)O)[C@H](O)C(=O)O. The van der Waals surface area contributed by atoms with Crippen molar-refractivity contribution in [2.45, 2.75) is 87.0 Å². The highest BCUT2D eigenvalue weighted by Gasteiger charge is 2.37. The maximum Gasteiger partial charge on any atom is 0.335 e. The molecule has 8 atom stereocenters. The zero-order chi connectivity index (χ0) is 50.3. The molecule has 7 amide bonds. The number of amides is 7. The Hall–Kier alpha value is -7.41. The normalized spacial score (nSPS) is 14.4. The summed E-state index contributed by atoms with van der Waals surface area (Å²) in [6, 6.07) is -5.22. The summed E-state index contributed by atoms with van der Waals surface area (Å²) < 4.78 is 0. The molecule has 0 heterocycles.